The fraction of sp³-hybridized carbons (Fsp3) is 0.923. The molecule has 0 aromatic heterocycles. The fourth-order valence-corrected chi connectivity index (χ4v) is 3.01. The van der Waals surface area contributed by atoms with E-state index in [1.165, 1.54) is 0 Å². The Morgan fingerprint density at radius 2 is 2.22 bits per heavy atom. The summed E-state index contributed by atoms with van der Waals surface area (Å²) in [5.74, 6) is 0.242. The van der Waals surface area contributed by atoms with Gasteiger partial charge >= 0.3 is 0 Å². The van der Waals surface area contributed by atoms with Crippen LogP contribution in [0.2, 0.25) is 0 Å². The molecule has 18 heavy (non-hydrogen) atoms. The molecule has 2 fully saturated rings. The van der Waals surface area contributed by atoms with Gasteiger partial charge in [0.2, 0.25) is 5.91 Å². The Hall–Kier alpha value is -0.130. The molecule has 0 bridgehead atoms. The summed E-state index contributed by atoms with van der Waals surface area (Å²) in [7, 11) is 0. The molecule has 2 heterocycles. The maximum absolute atomic E-state index is 12.2. The highest BCUT2D eigenvalue weighted by Gasteiger charge is 2.28. The summed E-state index contributed by atoms with van der Waals surface area (Å²) in [5.41, 5.74) is 0. The minimum absolute atomic E-state index is 0.125. The van der Waals surface area contributed by atoms with E-state index in [1.807, 2.05) is 11.8 Å². The summed E-state index contributed by atoms with van der Waals surface area (Å²) in [5, 5.41) is 0.785. The molecule has 104 valence electrons. The molecule has 0 radical (unpaired) electrons. The number of carbonyl (C=O) groups excluding carboxylic acids is 1. The third-order valence-electron chi connectivity index (χ3n) is 3.56. The number of rotatable bonds is 4. The van der Waals surface area contributed by atoms with Crippen molar-refractivity contribution < 1.29 is 14.3 Å². The SMILES string of the molecule is CC1CN(C(=O)CCC2CCCO2)CC(CBr)O1. The van der Waals surface area contributed by atoms with E-state index in [2.05, 4.69) is 15.9 Å². The zero-order chi connectivity index (χ0) is 13.0. The van der Waals surface area contributed by atoms with Gasteiger partial charge in [0.1, 0.15) is 0 Å². The van der Waals surface area contributed by atoms with Gasteiger partial charge in [-0.25, -0.2) is 0 Å². The number of hydrogen-bond donors (Lipinski definition) is 0. The van der Waals surface area contributed by atoms with E-state index < -0.39 is 0 Å². The highest BCUT2D eigenvalue weighted by molar-refractivity contribution is 9.09. The highest BCUT2D eigenvalue weighted by Crippen LogP contribution is 2.19. The normalized spacial score (nSPS) is 32.8. The Morgan fingerprint density at radius 1 is 1.39 bits per heavy atom. The molecular formula is C13H22BrNO3. The van der Waals surface area contributed by atoms with Crippen molar-refractivity contribution in [1.82, 2.24) is 4.90 Å². The highest BCUT2D eigenvalue weighted by atomic mass is 79.9. The lowest BCUT2D eigenvalue weighted by molar-refractivity contribution is -0.143. The molecule has 0 aromatic carbocycles. The third kappa shape index (κ3) is 3.93. The molecule has 2 aliphatic heterocycles. The topological polar surface area (TPSA) is 38.8 Å². The van der Waals surface area contributed by atoms with Gasteiger partial charge in [-0.15, -0.1) is 0 Å². The van der Waals surface area contributed by atoms with E-state index in [4.69, 9.17) is 9.47 Å². The predicted molar refractivity (Wildman–Crippen MR) is 72.9 cm³/mol. The van der Waals surface area contributed by atoms with Crippen LogP contribution in [0.15, 0.2) is 0 Å². The van der Waals surface area contributed by atoms with Crippen molar-refractivity contribution in [3.8, 4) is 0 Å². The van der Waals surface area contributed by atoms with Crippen LogP contribution >= 0.6 is 15.9 Å². The van der Waals surface area contributed by atoms with Gasteiger partial charge < -0.3 is 14.4 Å². The van der Waals surface area contributed by atoms with Crippen LogP contribution in [0.5, 0.6) is 0 Å². The van der Waals surface area contributed by atoms with Crippen molar-refractivity contribution in [3.05, 3.63) is 0 Å². The molecule has 0 spiro atoms. The first kappa shape index (κ1) is 14.3. The van der Waals surface area contributed by atoms with Crippen molar-refractivity contribution in [2.24, 2.45) is 0 Å². The lowest BCUT2D eigenvalue weighted by Crippen LogP contribution is -2.49. The Kier molecular flexibility index (Phi) is 5.45. The van der Waals surface area contributed by atoms with Gasteiger partial charge in [0.05, 0.1) is 18.3 Å². The lowest BCUT2D eigenvalue weighted by Gasteiger charge is -2.36. The minimum Gasteiger partial charge on any atom is -0.378 e. The summed E-state index contributed by atoms with van der Waals surface area (Å²) in [4.78, 5) is 14.1. The van der Waals surface area contributed by atoms with Crippen molar-refractivity contribution >= 4 is 21.8 Å². The number of nitrogens with zero attached hydrogens (tertiary/aromatic N) is 1. The first-order valence-electron chi connectivity index (χ1n) is 6.80. The molecule has 2 saturated heterocycles. The summed E-state index contributed by atoms with van der Waals surface area (Å²) in [6.07, 6.45) is 4.28. The average molecular weight is 320 g/mol. The predicted octanol–water partition coefficient (Wildman–Crippen LogP) is 1.96. The standard InChI is InChI=1S/C13H22BrNO3/c1-10-8-15(9-12(7-14)18-10)13(16)5-4-11-3-2-6-17-11/h10-12H,2-9H2,1H3. The van der Waals surface area contributed by atoms with E-state index in [0.29, 0.717) is 25.6 Å². The van der Waals surface area contributed by atoms with Crippen molar-refractivity contribution in [3.63, 3.8) is 0 Å². The quantitative estimate of drug-likeness (QED) is 0.743. The average Bonchev–Trinajstić information content (AvgIpc) is 2.88. The van der Waals surface area contributed by atoms with E-state index in [1.54, 1.807) is 0 Å². The van der Waals surface area contributed by atoms with Gasteiger partial charge in [-0.05, 0) is 26.2 Å². The van der Waals surface area contributed by atoms with Crippen LogP contribution in [-0.4, -0.2) is 54.1 Å². The number of carbonyl (C=O) groups is 1. The van der Waals surface area contributed by atoms with Gasteiger partial charge in [0.15, 0.2) is 0 Å². The van der Waals surface area contributed by atoms with Crippen molar-refractivity contribution in [2.75, 3.05) is 25.0 Å². The number of halogens is 1. The van der Waals surface area contributed by atoms with Gasteiger partial charge in [-0.3, -0.25) is 4.79 Å². The second-order valence-electron chi connectivity index (χ2n) is 5.20. The Morgan fingerprint density at radius 3 is 2.89 bits per heavy atom. The van der Waals surface area contributed by atoms with Crippen molar-refractivity contribution in [2.45, 2.75) is 50.9 Å². The van der Waals surface area contributed by atoms with Crippen LogP contribution in [0.4, 0.5) is 0 Å². The van der Waals surface area contributed by atoms with Gasteiger partial charge in [0.25, 0.3) is 0 Å². The second kappa shape index (κ2) is 6.87. The fourth-order valence-electron chi connectivity index (χ4n) is 2.65. The van der Waals surface area contributed by atoms with Gasteiger partial charge in [0, 0.05) is 31.4 Å². The van der Waals surface area contributed by atoms with Crippen LogP contribution in [0, 0.1) is 0 Å². The Bertz CT molecular complexity index is 281. The molecular weight excluding hydrogens is 298 g/mol. The number of alkyl halides is 1. The maximum atomic E-state index is 12.2. The summed E-state index contributed by atoms with van der Waals surface area (Å²) in [6.45, 7) is 4.31. The third-order valence-corrected chi connectivity index (χ3v) is 4.28. The summed E-state index contributed by atoms with van der Waals surface area (Å²) < 4.78 is 11.3. The zero-order valence-electron chi connectivity index (χ0n) is 10.9. The van der Waals surface area contributed by atoms with Crippen LogP contribution in [-0.2, 0) is 14.3 Å². The minimum atomic E-state index is 0.125. The molecule has 3 unspecified atom stereocenters. The van der Waals surface area contributed by atoms with E-state index >= 15 is 0 Å². The molecule has 0 N–H and O–H groups in total. The van der Waals surface area contributed by atoms with E-state index in [0.717, 1.165) is 31.2 Å². The molecule has 3 atom stereocenters. The molecule has 1 amide bonds. The Labute approximate surface area is 117 Å². The largest absolute Gasteiger partial charge is 0.378 e. The molecule has 5 heteroatoms. The summed E-state index contributed by atoms with van der Waals surface area (Å²) >= 11 is 3.42. The van der Waals surface area contributed by atoms with Crippen molar-refractivity contribution in [1.29, 1.82) is 0 Å². The van der Waals surface area contributed by atoms with Crippen LogP contribution in [0.3, 0.4) is 0 Å². The summed E-state index contributed by atoms with van der Waals surface area (Å²) in [6, 6.07) is 0. The molecule has 2 rings (SSSR count). The Balaban J connectivity index is 1.76. The lowest BCUT2D eigenvalue weighted by atomic mass is 10.1. The number of hydrogen-bond acceptors (Lipinski definition) is 3. The molecule has 4 nitrogen and oxygen atoms in total. The van der Waals surface area contributed by atoms with Crippen LogP contribution in [0.1, 0.15) is 32.6 Å². The molecule has 0 aliphatic carbocycles. The van der Waals surface area contributed by atoms with E-state index in [9.17, 15) is 4.79 Å². The van der Waals surface area contributed by atoms with Crippen LogP contribution < -0.4 is 0 Å². The van der Waals surface area contributed by atoms with Gasteiger partial charge in [-0.2, -0.15) is 0 Å². The van der Waals surface area contributed by atoms with Crippen LogP contribution in [0.25, 0.3) is 0 Å². The second-order valence-corrected chi connectivity index (χ2v) is 5.84. The van der Waals surface area contributed by atoms with E-state index in [-0.39, 0.29) is 18.1 Å². The number of ether oxygens (including phenoxy) is 2. The molecule has 2 aliphatic rings. The smallest absolute Gasteiger partial charge is 0.222 e. The monoisotopic (exact) mass is 319 g/mol. The van der Waals surface area contributed by atoms with Gasteiger partial charge in [-0.1, -0.05) is 15.9 Å². The number of amides is 1. The molecule has 0 aromatic rings. The maximum Gasteiger partial charge on any atom is 0.222 e. The number of morpholine rings is 1. The zero-order valence-corrected chi connectivity index (χ0v) is 12.5. The molecule has 0 saturated carbocycles. The first-order valence-corrected chi connectivity index (χ1v) is 7.92. The first-order chi connectivity index (χ1) is 8.69.